The number of ketones is 1. The van der Waals surface area contributed by atoms with Crippen LogP contribution < -0.4 is 0 Å². The molecule has 1 aromatic rings. The number of hydrogen-bond acceptors (Lipinski definition) is 1. The number of halogens is 2. The molecule has 0 aliphatic rings. The maximum absolute atomic E-state index is 12.4. The van der Waals surface area contributed by atoms with Gasteiger partial charge in [0.05, 0.1) is 0 Å². The summed E-state index contributed by atoms with van der Waals surface area (Å²) in [6.45, 7) is 0. The Morgan fingerprint density at radius 2 is 1.92 bits per heavy atom. The molecule has 0 aliphatic carbocycles. The lowest BCUT2D eigenvalue weighted by atomic mass is 10.1. The van der Waals surface area contributed by atoms with Gasteiger partial charge in [-0.25, -0.2) is 4.39 Å². The van der Waals surface area contributed by atoms with Crippen molar-refractivity contribution >= 4 is 17.4 Å². The smallest absolute Gasteiger partial charge is 0.186 e. The van der Waals surface area contributed by atoms with Crippen LogP contribution in [0, 0.1) is 5.82 Å². The van der Waals surface area contributed by atoms with Crippen LogP contribution in [0.1, 0.15) is 10.4 Å². The number of carbonyl (C=O) groups is 1. The van der Waals surface area contributed by atoms with Crippen LogP contribution in [0.15, 0.2) is 35.9 Å². The molecule has 0 unspecified atom stereocenters. The fraction of sp³-hybridized carbons (Fsp3) is 0. The standard InChI is InChI=1S/C9H6ClFO/c10-6-5-9(12)7-1-3-8(11)4-2-7/h1-6H/b6-5+. The number of rotatable bonds is 2. The Kier molecular flexibility index (Phi) is 3.00. The summed E-state index contributed by atoms with van der Waals surface area (Å²) in [6.07, 6.45) is 1.22. The number of benzene rings is 1. The van der Waals surface area contributed by atoms with Crippen molar-refractivity contribution in [1.29, 1.82) is 0 Å². The minimum atomic E-state index is -0.360. The van der Waals surface area contributed by atoms with E-state index in [1.54, 1.807) is 0 Å². The third kappa shape index (κ3) is 2.17. The van der Waals surface area contributed by atoms with Crippen LogP contribution in [0.4, 0.5) is 4.39 Å². The highest BCUT2D eigenvalue weighted by Crippen LogP contribution is 2.04. The SMILES string of the molecule is O=C(/C=C/Cl)c1ccc(F)cc1. The molecule has 0 fully saturated rings. The first kappa shape index (κ1) is 8.94. The number of hydrogen-bond donors (Lipinski definition) is 0. The molecule has 0 saturated heterocycles. The molecule has 0 atom stereocenters. The van der Waals surface area contributed by atoms with Gasteiger partial charge in [0, 0.05) is 11.1 Å². The monoisotopic (exact) mass is 184 g/mol. The van der Waals surface area contributed by atoms with Gasteiger partial charge in [0.15, 0.2) is 5.78 Å². The van der Waals surface area contributed by atoms with Gasteiger partial charge in [-0.15, -0.1) is 0 Å². The first-order valence-corrected chi connectivity index (χ1v) is 3.74. The van der Waals surface area contributed by atoms with Gasteiger partial charge >= 0.3 is 0 Å². The maximum atomic E-state index is 12.4. The van der Waals surface area contributed by atoms with Crippen LogP contribution in [0.25, 0.3) is 0 Å². The van der Waals surface area contributed by atoms with Crippen LogP contribution in [-0.4, -0.2) is 5.78 Å². The van der Waals surface area contributed by atoms with E-state index >= 15 is 0 Å². The van der Waals surface area contributed by atoms with Gasteiger partial charge in [0.1, 0.15) is 5.82 Å². The summed E-state index contributed by atoms with van der Waals surface area (Å²) in [5.74, 6) is -0.591. The highest BCUT2D eigenvalue weighted by molar-refractivity contribution is 6.27. The van der Waals surface area contributed by atoms with Crippen molar-refractivity contribution in [3.8, 4) is 0 Å². The first-order chi connectivity index (χ1) is 5.74. The first-order valence-electron chi connectivity index (χ1n) is 3.30. The topological polar surface area (TPSA) is 17.1 Å². The Balaban J connectivity index is 2.90. The van der Waals surface area contributed by atoms with E-state index in [1.165, 1.54) is 30.3 Å². The average Bonchev–Trinajstić information content (AvgIpc) is 2.06. The third-order valence-electron chi connectivity index (χ3n) is 1.34. The van der Waals surface area contributed by atoms with Gasteiger partial charge < -0.3 is 0 Å². The molecule has 0 bridgehead atoms. The average molecular weight is 185 g/mol. The van der Waals surface area contributed by atoms with Crippen LogP contribution in [0.2, 0.25) is 0 Å². The molecule has 0 amide bonds. The lowest BCUT2D eigenvalue weighted by Gasteiger charge is -1.93. The molecule has 1 aromatic carbocycles. The second-order valence-electron chi connectivity index (χ2n) is 2.16. The summed E-state index contributed by atoms with van der Waals surface area (Å²) < 4.78 is 12.4. The van der Waals surface area contributed by atoms with E-state index in [9.17, 15) is 9.18 Å². The van der Waals surface area contributed by atoms with Crippen molar-refractivity contribution in [2.24, 2.45) is 0 Å². The van der Waals surface area contributed by atoms with E-state index < -0.39 is 0 Å². The summed E-state index contributed by atoms with van der Waals surface area (Å²) in [4.78, 5) is 11.1. The van der Waals surface area contributed by atoms with Crippen LogP contribution in [-0.2, 0) is 0 Å². The third-order valence-corrected chi connectivity index (χ3v) is 1.47. The zero-order valence-corrected chi connectivity index (χ0v) is 6.88. The van der Waals surface area contributed by atoms with Crippen molar-refractivity contribution in [1.82, 2.24) is 0 Å². The Morgan fingerprint density at radius 1 is 1.33 bits per heavy atom. The van der Waals surface area contributed by atoms with E-state index in [1.807, 2.05) is 0 Å². The zero-order chi connectivity index (χ0) is 8.97. The van der Waals surface area contributed by atoms with E-state index in [-0.39, 0.29) is 11.6 Å². The fourth-order valence-corrected chi connectivity index (χ4v) is 0.882. The molecular weight excluding hydrogens is 179 g/mol. The van der Waals surface area contributed by atoms with E-state index in [4.69, 9.17) is 11.6 Å². The molecule has 0 saturated carbocycles. The molecule has 1 nitrogen and oxygen atoms in total. The van der Waals surface area contributed by atoms with Crippen LogP contribution >= 0.6 is 11.6 Å². The van der Waals surface area contributed by atoms with Crippen molar-refractivity contribution in [3.63, 3.8) is 0 Å². The Hall–Kier alpha value is -1.15. The summed E-state index contributed by atoms with van der Waals surface area (Å²) >= 11 is 5.20. The Bertz CT molecular complexity index is 303. The molecule has 0 aliphatic heterocycles. The van der Waals surface area contributed by atoms with E-state index in [2.05, 4.69) is 0 Å². The van der Waals surface area contributed by atoms with Crippen LogP contribution in [0.3, 0.4) is 0 Å². The quantitative estimate of drug-likeness (QED) is 0.510. The second-order valence-corrected chi connectivity index (χ2v) is 2.42. The maximum Gasteiger partial charge on any atom is 0.186 e. The van der Waals surface area contributed by atoms with E-state index in [0.29, 0.717) is 5.56 Å². The largest absolute Gasteiger partial charge is 0.289 e. The molecule has 3 heteroatoms. The van der Waals surface area contributed by atoms with Crippen molar-refractivity contribution < 1.29 is 9.18 Å². The zero-order valence-electron chi connectivity index (χ0n) is 6.13. The predicted octanol–water partition coefficient (Wildman–Crippen LogP) is 2.76. The minimum Gasteiger partial charge on any atom is -0.289 e. The summed E-state index contributed by atoms with van der Waals surface area (Å²) in [5, 5.41) is 0. The molecule has 12 heavy (non-hydrogen) atoms. The van der Waals surface area contributed by atoms with Gasteiger partial charge in [-0.2, -0.15) is 0 Å². The van der Waals surface area contributed by atoms with E-state index in [0.717, 1.165) is 5.54 Å². The molecule has 0 spiro atoms. The summed E-state index contributed by atoms with van der Waals surface area (Å²) in [5.41, 5.74) is 1.55. The normalized spacial score (nSPS) is 10.5. The van der Waals surface area contributed by atoms with Gasteiger partial charge in [0.25, 0.3) is 0 Å². The second kappa shape index (κ2) is 4.02. The summed E-state index contributed by atoms with van der Waals surface area (Å²) in [6, 6.07) is 5.29. The van der Waals surface area contributed by atoms with Crippen molar-refractivity contribution in [3.05, 3.63) is 47.3 Å². The van der Waals surface area contributed by atoms with Crippen molar-refractivity contribution in [2.45, 2.75) is 0 Å². The minimum absolute atomic E-state index is 0.231. The van der Waals surface area contributed by atoms with Gasteiger partial charge in [-0.05, 0) is 30.3 Å². The molecule has 0 aromatic heterocycles. The lowest BCUT2D eigenvalue weighted by Crippen LogP contribution is -1.92. The summed E-state index contributed by atoms with van der Waals surface area (Å²) in [7, 11) is 0. The van der Waals surface area contributed by atoms with Crippen molar-refractivity contribution in [2.75, 3.05) is 0 Å². The molecular formula is C9H6ClFO. The number of allylic oxidation sites excluding steroid dienone is 1. The number of carbonyl (C=O) groups excluding carboxylic acids is 1. The Morgan fingerprint density at radius 3 is 2.42 bits per heavy atom. The molecule has 0 radical (unpaired) electrons. The molecule has 0 N–H and O–H groups in total. The molecule has 62 valence electrons. The fourth-order valence-electron chi connectivity index (χ4n) is 0.768. The lowest BCUT2D eigenvalue weighted by molar-refractivity contribution is 0.104. The molecule has 1 rings (SSSR count). The Labute approximate surface area is 74.5 Å². The highest BCUT2D eigenvalue weighted by Gasteiger charge is 1.99. The van der Waals surface area contributed by atoms with Gasteiger partial charge in [-0.3, -0.25) is 4.79 Å². The highest BCUT2D eigenvalue weighted by atomic mass is 35.5. The predicted molar refractivity (Wildman–Crippen MR) is 45.7 cm³/mol. The van der Waals surface area contributed by atoms with Gasteiger partial charge in [0.2, 0.25) is 0 Å². The van der Waals surface area contributed by atoms with Crippen LogP contribution in [0.5, 0.6) is 0 Å². The molecule has 0 heterocycles. The van der Waals surface area contributed by atoms with Gasteiger partial charge in [-0.1, -0.05) is 11.6 Å².